The first-order valence-electron chi connectivity index (χ1n) is 7.69. The van der Waals surface area contributed by atoms with Crippen molar-refractivity contribution in [1.82, 2.24) is 5.32 Å². The van der Waals surface area contributed by atoms with Crippen LogP contribution in [-0.2, 0) is 10.0 Å². The predicted molar refractivity (Wildman–Crippen MR) is 86.4 cm³/mol. The Morgan fingerprint density at radius 3 is 2.64 bits per heavy atom. The molecule has 0 spiro atoms. The third-order valence-corrected chi connectivity index (χ3v) is 6.23. The van der Waals surface area contributed by atoms with Gasteiger partial charge in [-0.05, 0) is 49.3 Å². The van der Waals surface area contributed by atoms with Crippen LogP contribution in [0.2, 0.25) is 0 Å². The van der Waals surface area contributed by atoms with Crippen LogP contribution in [0.5, 0.6) is 0 Å². The van der Waals surface area contributed by atoms with Crippen molar-refractivity contribution in [3.05, 3.63) is 29.8 Å². The van der Waals surface area contributed by atoms with Gasteiger partial charge in [0, 0.05) is 18.7 Å². The topological polar surface area (TPSA) is 66.5 Å². The number of rotatable bonds is 4. The van der Waals surface area contributed by atoms with Crippen LogP contribution in [0.25, 0.3) is 0 Å². The molecular weight excluding hydrogens is 300 g/mol. The van der Waals surface area contributed by atoms with Gasteiger partial charge in [0.2, 0.25) is 10.0 Å². The van der Waals surface area contributed by atoms with Gasteiger partial charge in [-0.25, -0.2) is 8.42 Å². The van der Waals surface area contributed by atoms with Crippen LogP contribution in [0.4, 0.5) is 5.69 Å². The third-order valence-electron chi connectivity index (χ3n) is 5.02. The molecule has 1 amide bonds. The largest absolute Gasteiger partial charge is 0.349 e. The van der Waals surface area contributed by atoms with Crippen molar-refractivity contribution in [1.29, 1.82) is 0 Å². The maximum Gasteiger partial charge on any atom is 0.251 e. The van der Waals surface area contributed by atoms with E-state index >= 15 is 0 Å². The number of fused-ring (bicyclic) bond motifs is 2. The molecule has 2 aliphatic carbocycles. The van der Waals surface area contributed by atoms with Crippen LogP contribution in [0.3, 0.4) is 0 Å². The van der Waals surface area contributed by atoms with Crippen molar-refractivity contribution in [2.24, 2.45) is 11.8 Å². The fourth-order valence-corrected chi connectivity index (χ4v) is 4.20. The van der Waals surface area contributed by atoms with Gasteiger partial charge in [0.15, 0.2) is 0 Å². The molecule has 2 fully saturated rings. The smallest absolute Gasteiger partial charge is 0.251 e. The van der Waals surface area contributed by atoms with Gasteiger partial charge in [-0.1, -0.05) is 12.5 Å². The highest BCUT2D eigenvalue weighted by Gasteiger charge is 2.40. The summed E-state index contributed by atoms with van der Waals surface area (Å²) in [5, 5.41) is 3.12. The minimum absolute atomic E-state index is 0.110. The fourth-order valence-electron chi connectivity index (χ4n) is 3.71. The van der Waals surface area contributed by atoms with Gasteiger partial charge in [-0.2, -0.15) is 0 Å². The fraction of sp³-hybridized carbons (Fsp3) is 0.562. The molecule has 0 unspecified atom stereocenters. The molecule has 0 saturated heterocycles. The number of nitrogens with one attached hydrogen (secondary N) is 1. The zero-order valence-corrected chi connectivity index (χ0v) is 13.8. The molecule has 5 nitrogen and oxygen atoms in total. The second-order valence-electron chi connectivity index (χ2n) is 6.54. The average Bonchev–Trinajstić information content (AvgIpc) is 3.08. The van der Waals surface area contributed by atoms with Crippen molar-refractivity contribution < 1.29 is 13.2 Å². The number of hydrogen-bond acceptors (Lipinski definition) is 3. The molecule has 0 aliphatic heterocycles. The first-order chi connectivity index (χ1) is 10.3. The molecule has 3 rings (SSSR count). The van der Waals surface area contributed by atoms with Gasteiger partial charge in [0.25, 0.3) is 5.91 Å². The van der Waals surface area contributed by atoms with E-state index in [1.807, 2.05) is 0 Å². The van der Waals surface area contributed by atoms with Crippen LogP contribution in [0.1, 0.15) is 36.0 Å². The molecule has 3 atom stereocenters. The van der Waals surface area contributed by atoms with Crippen LogP contribution in [0.15, 0.2) is 24.3 Å². The summed E-state index contributed by atoms with van der Waals surface area (Å²) in [5.41, 5.74) is 1.01. The highest BCUT2D eigenvalue weighted by molar-refractivity contribution is 7.92. The lowest BCUT2D eigenvalue weighted by Crippen LogP contribution is -2.38. The molecule has 0 radical (unpaired) electrons. The second kappa shape index (κ2) is 5.57. The molecule has 2 aliphatic rings. The molecule has 1 aromatic rings. The van der Waals surface area contributed by atoms with Crippen LogP contribution in [0, 0.1) is 11.8 Å². The van der Waals surface area contributed by atoms with Crippen LogP contribution < -0.4 is 9.62 Å². The minimum Gasteiger partial charge on any atom is -0.349 e. The maximum absolute atomic E-state index is 12.4. The maximum atomic E-state index is 12.4. The van der Waals surface area contributed by atoms with Gasteiger partial charge in [0.05, 0.1) is 11.9 Å². The Hall–Kier alpha value is -1.56. The van der Waals surface area contributed by atoms with E-state index in [1.54, 1.807) is 24.3 Å². The Morgan fingerprint density at radius 1 is 1.27 bits per heavy atom. The average molecular weight is 322 g/mol. The van der Waals surface area contributed by atoms with Crippen molar-refractivity contribution in [2.45, 2.75) is 31.7 Å². The van der Waals surface area contributed by atoms with E-state index in [-0.39, 0.29) is 11.9 Å². The summed E-state index contributed by atoms with van der Waals surface area (Å²) in [4.78, 5) is 12.4. The number of sulfonamides is 1. The Labute approximate surface area is 131 Å². The molecule has 1 N–H and O–H groups in total. The highest BCUT2D eigenvalue weighted by Crippen LogP contribution is 2.44. The Morgan fingerprint density at radius 2 is 2.05 bits per heavy atom. The minimum atomic E-state index is -3.33. The lowest BCUT2D eigenvalue weighted by atomic mass is 9.95. The monoisotopic (exact) mass is 322 g/mol. The molecular formula is C16H22N2O3S. The third kappa shape index (κ3) is 2.97. The number of amides is 1. The van der Waals surface area contributed by atoms with Crippen molar-refractivity contribution in [2.75, 3.05) is 17.6 Å². The quantitative estimate of drug-likeness (QED) is 0.922. The number of carbonyl (C=O) groups is 1. The molecule has 0 aromatic heterocycles. The number of carbonyl (C=O) groups excluding carboxylic acids is 1. The molecule has 22 heavy (non-hydrogen) atoms. The van der Waals surface area contributed by atoms with Gasteiger partial charge < -0.3 is 5.32 Å². The van der Waals surface area contributed by atoms with Gasteiger partial charge in [-0.15, -0.1) is 0 Å². The first-order valence-corrected chi connectivity index (χ1v) is 9.54. The Balaban J connectivity index is 1.73. The molecule has 2 saturated carbocycles. The van der Waals surface area contributed by atoms with E-state index in [0.717, 1.165) is 18.6 Å². The Kier molecular flexibility index (Phi) is 3.89. The predicted octanol–water partition coefficient (Wildman–Crippen LogP) is 2.00. The van der Waals surface area contributed by atoms with Gasteiger partial charge in [0.1, 0.15) is 0 Å². The summed E-state index contributed by atoms with van der Waals surface area (Å²) in [5.74, 6) is 1.29. The van der Waals surface area contributed by atoms with Crippen LogP contribution in [-0.4, -0.2) is 33.7 Å². The number of benzene rings is 1. The molecule has 2 bridgehead atoms. The first kappa shape index (κ1) is 15.3. The second-order valence-corrected chi connectivity index (χ2v) is 8.55. The molecule has 1 aromatic carbocycles. The lowest BCUT2D eigenvalue weighted by molar-refractivity contribution is 0.0923. The normalized spacial score (nSPS) is 26.9. The number of nitrogens with zero attached hydrogens (tertiary/aromatic N) is 1. The summed E-state index contributed by atoms with van der Waals surface area (Å²) in [6, 6.07) is 7.04. The summed E-state index contributed by atoms with van der Waals surface area (Å²) < 4.78 is 24.4. The summed E-state index contributed by atoms with van der Waals surface area (Å²) in [7, 11) is -1.84. The number of hydrogen-bond donors (Lipinski definition) is 1. The van der Waals surface area contributed by atoms with Gasteiger partial charge >= 0.3 is 0 Å². The van der Waals surface area contributed by atoms with E-state index in [9.17, 15) is 13.2 Å². The molecule has 0 heterocycles. The highest BCUT2D eigenvalue weighted by atomic mass is 32.2. The van der Waals surface area contributed by atoms with Crippen molar-refractivity contribution in [3.8, 4) is 0 Å². The SMILES string of the molecule is CN(c1cccc(C(=O)N[C@@H]2C[C@H]3CC[C@H]2C3)c1)S(C)(=O)=O. The number of anilines is 1. The van der Waals surface area contributed by atoms with Crippen LogP contribution >= 0.6 is 0 Å². The van der Waals surface area contributed by atoms with E-state index in [0.29, 0.717) is 17.2 Å². The zero-order valence-electron chi connectivity index (χ0n) is 13.0. The lowest BCUT2D eigenvalue weighted by Gasteiger charge is -2.23. The van der Waals surface area contributed by atoms with Crippen molar-refractivity contribution >= 4 is 21.6 Å². The van der Waals surface area contributed by atoms with E-state index < -0.39 is 10.0 Å². The van der Waals surface area contributed by atoms with E-state index in [2.05, 4.69) is 5.32 Å². The standard InChI is InChI=1S/C16H22N2O3S/c1-18(22(2,20)21)14-5-3-4-13(10-14)16(19)17-15-9-11-6-7-12(15)8-11/h3-5,10-12,15H,6-9H2,1-2H3,(H,17,19)/t11-,12-,15+/m0/s1. The van der Waals surface area contributed by atoms with E-state index in [4.69, 9.17) is 0 Å². The van der Waals surface area contributed by atoms with Crippen molar-refractivity contribution in [3.63, 3.8) is 0 Å². The molecule has 6 heteroatoms. The van der Waals surface area contributed by atoms with E-state index in [1.165, 1.54) is 30.6 Å². The summed E-state index contributed by atoms with van der Waals surface area (Å²) in [6.45, 7) is 0. The Bertz CT molecular complexity index is 686. The molecule has 120 valence electrons. The summed E-state index contributed by atoms with van der Waals surface area (Å²) in [6.07, 6.45) is 5.98. The zero-order chi connectivity index (χ0) is 15.9. The van der Waals surface area contributed by atoms with Gasteiger partial charge in [-0.3, -0.25) is 9.10 Å². The summed E-state index contributed by atoms with van der Waals surface area (Å²) >= 11 is 0.